The van der Waals surface area contributed by atoms with E-state index in [1.807, 2.05) is 6.92 Å². The number of carbonyl (C=O) groups excluding carboxylic acids is 1. The van der Waals surface area contributed by atoms with E-state index in [2.05, 4.69) is 36.5 Å². The van der Waals surface area contributed by atoms with Gasteiger partial charge in [-0.15, -0.1) is 0 Å². The fourth-order valence-corrected chi connectivity index (χ4v) is 3.18. The molecule has 21 heavy (non-hydrogen) atoms. The molecule has 2 atom stereocenters. The highest BCUT2D eigenvalue weighted by atomic mass is 16.1. The topological polar surface area (TPSA) is 55.1 Å². The number of carbonyl (C=O) groups is 1. The van der Waals surface area contributed by atoms with Crippen molar-refractivity contribution in [3.63, 3.8) is 0 Å². The Morgan fingerprint density at radius 3 is 2.57 bits per heavy atom. The van der Waals surface area contributed by atoms with Crippen molar-refractivity contribution >= 4 is 5.91 Å². The van der Waals surface area contributed by atoms with Gasteiger partial charge < -0.3 is 11.1 Å². The number of nitrogens with one attached hydrogen (secondary N) is 1. The van der Waals surface area contributed by atoms with Gasteiger partial charge in [0, 0.05) is 12.1 Å². The molecule has 0 radical (unpaired) electrons. The Morgan fingerprint density at radius 2 is 1.95 bits per heavy atom. The van der Waals surface area contributed by atoms with Gasteiger partial charge in [0.25, 0.3) is 0 Å². The molecule has 116 valence electrons. The Kier molecular flexibility index (Phi) is 5.40. The molecule has 2 rings (SSSR count). The van der Waals surface area contributed by atoms with E-state index in [0.717, 1.165) is 38.5 Å². The molecule has 0 spiro atoms. The quantitative estimate of drug-likeness (QED) is 0.875. The molecule has 1 aromatic rings. The molecule has 3 heteroatoms. The lowest BCUT2D eigenvalue weighted by Crippen LogP contribution is -2.53. The van der Waals surface area contributed by atoms with Gasteiger partial charge in [-0.1, -0.05) is 44.0 Å². The molecule has 0 aliphatic heterocycles. The van der Waals surface area contributed by atoms with Crippen LogP contribution in [0.25, 0.3) is 0 Å². The Labute approximate surface area is 128 Å². The summed E-state index contributed by atoms with van der Waals surface area (Å²) in [6, 6.07) is 8.63. The zero-order valence-electron chi connectivity index (χ0n) is 13.3. The van der Waals surface area contributed by atoms with Crippen molar-refractivity contribution in [2.75, 3.05) is 6.54 Å². The van der Waals surface area contributed by atoms with Crippen LogP contribution in [0.4, 0.5) is 0 Å². The summed E-state index contributed by atoms with van der Waals surface area (Å²) in [5.41, 5.74) is 8.56. The first-order chi connectivity index (χ1) is 10.0. The third-order valence-electron chi connectivity index (χ3n) is 4.71. The molecule has 1 aromatic carbocycles. The maximum atomic E-state index is 12.3. The van der Waals surface area contributed by atoms with Gasteiger partial charge in [-0.05, 0) is 43.7 Å². The van der Waals surface area contributed by atoms with Gasteiger partial charge in [0.05, 0.1) is 5.92 Å². The van der Waals surface area contributed by atoms with Gasteiger partial charge >= 0.3 is 0 Å². The van der Waals surface area contributed by atoms with Crippen LogP contribution < -0.4 is 11.1 Å². The zero-order valence-corrected chi connectivity index (χ0v) is 13.3. The van der Waals surface area contributed by atoms with Crippen LogP contribution in [-0.4, -0.2) is 18.0 Å². The third kappa shape index (κ3) is 4.31. The minimum Gasteiger partial charge on any atom is -0.355 e. The Bertz CT molecular complexity index is 465. The molecule has 1 aliphatic rings. The lowest BCUT2D eigenvalue weighted by atomic mass is 9.74. The number of aryl methyl sites for hydroxylation is 1. The molecule has 3 nitrogen and oxygen atoms in total. The summed E-state index contributed by atoms with van der Waals surface area (Å²) >= 11 is 0. The Balaban J connectivity index is 1.80. The van der Waals surface area contributed by atoms with Crippen LogP contribution >= 0.6 is 0 Å². The molecular weight excluding hydrogens is 260 g/mol. The lowest BCUT2D eigenvalue weighted by Gasteiger charge is -2.37. The smallest absolute Gasteiger partial charge is 0.224 e. The maximum Gasteiger partial charge on any atom is 0.224 e. The summed E-state index contributed by atoms with van der Waals surface area (Å²) in [6.07, 6.45) is 6.06. The highest BCUT2D eigenvalue weighted by molar-refractivity contribution is 5.80. The number of benzene rings is 1. The van der Waals surface area contributed by atoms with Gasteiger partial charge in [-0.25, -0.2) is 0 Å². The van der Waals surface area contributed by atoms with E-state index in [-0.39, 0.29) is 17.4 Å². The second-order valence-electron chi connectivity index (χ2n) is 6.52. The average Bonchev–Trinajstić information content (AvgIpc) is 2.47. The predicted octanol–water partition coefficient (Wildman–Crippen LogP) is 2.82. The normalized spacial score (nSPS) is 25.6. The summed E-state index contributed by atoms with van der Waals surface area (Å²) in [6.45, 7) is 4.86. The fraction of sp³-hybridized carbons (Fsp3) is 0.611. The largest absolute Gasteiger partial charge is 0.355 e. The molecule has 2 unspecified atom stereocenters. The highest BCUT2D eigenvalue weighted by Crippen LogP contribution is 2.31. The summed E-state index contributed by atoms with van der Waals surface area (Å²) in [4.78, 5) is 12.3. The molecule has 0 heterocycles. The third-order valence-corrected chi connectivity index (χ3v) is 4.71. The van der Waals surface area contributed by atoms with Gasteiger partial charge in [0.1, 0.15) is 0 Å². The Hall–Kier alpha value is -1.35. The molecule has 1 saturated carbocycles. The average molecular weight is 288 g/mol. The van der Waals surface area contributed by atoms with Crippen molar-refractivity contribution in [2.45, 2.75) is 57.9 Å². The number of hydrogen-bond acceptors (Lipinski definition) is 2. The molecule has 0 saturated heterocycles. The van der Waals surface area contributed by atoms with Gasteiger partial charge in [-0.3, -0.25) is 4.79 Å². The summed E-state index contributed by atoms with van der Waals surface area (Å²) in [7, 11) is 0. The molecule has 1 amide bonds. The van der Waals surface area contributed by atoms with Crippen LogP contribution in [0.2, 0.25) is 0 Å². The molecule has 1 fully saturated rings. The van der Waals surface area contributed by atoms with Crippen molar-refractivity contribution in [1.82, 2.24) is 5.32 Å². The first-order valence-corrected chi connectivity index (χ1v) is 8.17. The standard InChI is InChI=1S/C18H28N2O/c1-3-14-7-9-15(10-8-14)11-13-20-17(21)16-6-4-5-12-18(16,2)19/h7-10,16H,3-6,11-13,19H2,1-2H3,(H,20,21). The number of hydrogen-bond donors (Lipinski definition) is 2. The van der Waals surface area contributed by atoms with Crippen molar-refractivity contribution in [3.05, 3.63) is 35.4 Å². The molecule has 1 aliphatic carbocycles. The number of nitrogens with two attached hydrogens (primary N) is 1. The monoisotopic (exact) mass is 288 g/mol. The molecule has 0 bridgehead atoms. The van der Waals surface area contributed by atoms with Gasteiger partial charge in [-0.2, -0.15) is 0 Å². The first-order valence-electron chi connectivity index (χ1n) is 8.17. The molecule has 3 N–H and O–H groups in total. The first kappa shape index (κ1) is 16.0. The molecule has 0 aromatic heterocycles. The van der Waals surface area contributed by atoms with Crippen LogP contribution in [-0.2, 0) is 17.6 Å². The van der Waals surface area contributed by atoms with E-state index in [1.54, 1.807) is 0 Å². The summed E-state index contributed by atoms with van der Waals surface area (Å²) in [5.74, 6) is 0.0959. The van der Waals surface area contributed by atoms with Crippen molar-refractivity contribution in [2.24, 2.45) is 11.7 Å². The zero-order chi connectivity index (χ0) is 15.3. The summed E-state index contributed by atoms with van der Waals surface area (Å²) in [5, 5.41) is 3.07. The Morgan fingerprint density at radius 1 is 1.29 bits per heavy atom. The number of rotatable bonds is 5. The molecular formula is C18H28N2O. The van der Waals surface area contributed by atoms with E-state index >= 15 is 0 Å². The van der Waals surface area contributed by atoms with Crippen LogP contribution in [0.1, 0.15) is 50.7 Å². The van der Waals surface area contributed by atoms with Crippen molar-refractivity contribution in [1.29, 1.82) is 0 Å². The van der Waals surface area contributed by atoms with Gasteiger partial charge in [0.2, 0.25) is 5.91 Å². The van der Waals surface area contributed by atoms with E-state index in [4.69, 9.17) is 5.73 Å². The van der Waals surface area contributed by atoms with E-state index in [9.17, 15) is 4.79 Å². The second kappa shape index (κ2) is 7.08. The van der Waals surface area contributed by atoms with Crippen molar-refractivity contribution < 1.29 is 4.79 Å². The van der Waals surface area contributed by atoms with Crippen LogP contribution in [0.3, 0.4) is 0 Å². The predicted molar refractivity (Wildman–Crippen MR) is 87.1 cm³/mol. The van der Waals surface area contributed by atoms with E-state index in [0.29, 0.717) is 6.54 Å². The maximum absolute atomic E-state index is 12.3. The van der Waals surface area contributed by atoms with Crippen LogP contribution in [0, 0.1) is 5.92 Å². The van der Waals surface area contributed by atoms with E-state index < -0.39 is 0 Å². The van der Waals surface area contributed by atoms with Crippen molar-refractivity contribution in [3.8, 4) is 0 Å². The van der Waals surface area contributed by atoms with Crippen LogP contribution in [0.5, 0.6) is 0 Å². The minimum absolute atomic E-state index is 0.0336. The van der Waals surface area contributed by atoms with Crippen LogP contribution in [0.15, 0.2) is 24.3 Å². The lowest BCUT2D eigenvalue weighted by molar-refractivity contribution is -0.128. The van der Waals surface area contributed by atoms with Gasteiger partial charge in [0.15, 0.2) is 0 Å². The van der Waals surface area contributed by atoms with E-state index in [1.165, 1.54) is 11.1 Å². The highest BCUT2D eigenvalue weighted by Gasteiger charge is 2.37. The fourth-order valence-electron chi connectivity index (χ4n) is 3.18. The number of amides is 1. The SMILES string of the molecule is CCc1ccc(CCNC(=O)C2CCCCC2(C)N)cc1. The summed E-state index contributed by atoms with van der Waals surface area (Å²) < 4.78 is 0. The second-order valence-corrected chi connectivity index (χ2v) is 6.52. The minimum atomic E-state index is -0.342.